The quantitative estimate of drug-likeness (QED) is 0.257. The van der Waals surface area contributed by atoms with Gasteiger partial charge in [-0.3, -0.25) is 19.2 Å². The molecule has 0 heterocycles. The highest BCUT2D eigenvalue weighted by Crippen LogP contribution is 2.12. The number of hydrogen-bond acceptors (Lipinski definition) is 8. The number of allylic oxidation sites excluding steroid dienone is 2. The Morgan fingerprint density at radius 3 is 1.83 bits per heavy atom. The molecule has 0 radical (unpaired) electrons. The maximum absolute atomic E-state index is 11.3. The van der Waals surface area contributed by atoms with Gasteiger partial charge in [0, 0.05) is 6.92 Å². The maximum Gasteiger partial charge on any atom is 0.422 e. The summed E-state index contributed by atoms with van der Waals surface area (Å²) in [6.45, 7) is 0.853. The molecule has 0 atom stereocenters. The lowest BCUT2D eigenvalue weighted by Crippen LogP contribution is -2.34. The minimum atomic E-state index is -1.80. The van der Waals surface area contributed by atoms with E-state index in [1.54, 1.807) is 0 Å². The highest BCUT2D eigenvalue weighted by atomic mass is 17.2. The Morgan fingerprint density at radius 1 is 0.944 bits per heavy atom. The Labute approximate surface area is 99.5 Å². The van der Waals surface area contributed by atoms with Crippen molar-refractivity contribution in [2.24, 2.45) is 5.92 Å². The summed E-state index contributed by atoms with van der Waals surface area (Å²) < 4.78 is 0. The van der Waals surface area contributed by atoms with E-state index in [2.05, 4.69) is 9.78 Å². The highest BCUT2D eigenvalue weighted by molar-refractivity contribution is 6.47. The normalized spacial score (nSPS) is 14.5. The zero-order chi connectivity index (χ0) is 13.9. The summed E-state index contributed by atoms with van der Waals surface area (Å²) >= 11 is 0. The Hall–Kier alpha value is -2.64. The molecule has 1 rings (SSSR count). The van der Waals surface area contributed by atoms with Gasteiger partial charge in [-0.2, -0.15) is 0 Å². The summed E-state index contributed by atoms with van der Waals surface area (Å²) in [5.74, 6) is -9.23. The van der Waals surface area contributed by atoms with Gasteiger partial charge in [0.15, 0.2) is 17.5 Å². The van der Waals surface area contributed by atoms with Crippen molar-refractivity contribution in [3.05, 3.63) is 12.2 Å². The topological polar surface area (TPSA) is 121 Å². The molecule has 0 aromatic rings. The molecule has 8 heteroatoms. The Kier molecular flexibility index (Phi) is 3.82. The van der Waals surface area contributed by atoms with Crippen molar-refractivity contribution in [2.75, 3.05) is 0 Å². The van der Waals surface area contributed by atoms with Crippen LogP contribution in [0.1, 0.15) is 6.92 Å². The zero-order valence-electron chi connectivity index (χ0n) is 9.00. The fourth-order valence-electron chi connectivity index (χ4n) is 1.05. The lowest BCUT2D eigenvalue weighted by Gasteiger charge is -2.04. The largest absolute Gasteiger partial charge is 0.422 e. The van der Waals surface area contributed by atoms with Gasteiger partial charge in [0.1, 0.15) is 0 Å². The molecule has 0 saturated carbocycles. The minimum Gasteiger partial charge on any atom is -0.294 e. The summed E-state index contributed by atoms with van der Waals surface area (Å²) in [5.41, 5.74) is 0. The molecule has 94 valence electrons. The van der Waals surface area contributed by atoms with E-state index in [1.165, 1.54) is 0 Å². The fourth-order valence-corrected chi connectivity index (χ4v) is 1.05. The number of hydrogen-bond donors (Lipinski definition) is 0. The average molecular weight is 254 g/mol. The van der Waals surface area contributed by atoms with Crippen LogP contribution in [0, 0.1) is 5.92 Å². The summed E-state index contributed by atoms with van der Waals surface area (Å²) in [4.78, 5) is 73.0. The van der Waals surface area contributed by atoms with E-state index < -0.39 is 41.0 Å². The van der Waals surface area contributed by atoms with Crippen LogP contribution in [-0.4, -0.2) is 35.1 Å². The lowest BCUT2D eigenvalue weighted by molar-refractivity contribution is -0.254. The molecule has 8 nitrogen and oxygen atoms in total. The molecule has 1 aliphatic rings. The molecule has 0 amide bonds. The van der Waals surface area contributed by atoms with E-state index in [1.807, 2.05) is 0 Å². The van der Waals surface area contributed by atoms with Crippen LogP contribution in [0.25, 0.3) is 0 Å². The van der Waals surface area contributed by atoms with Crippen LogP contribution in [0.2, 0.25) is 0 Å². The second-order valence-electron chi connectivity index (χ2n) is 3.23. The van der Waals surface area contributed by atoms with Crippen molar-refractivity contribution in [1.29, 1.82) is 0 Å². The number of rotatable bonds is 3. The van der Waals surface area contributed by atoms with Crippen LogP contribution in [-0.2, 0) is 38.5 Å². The third kappa shape index (κ3) is 2.73. The predicted octanol–water partition coefficient (Wildman–Crippen LogP) is -1.53. The smallest absolute Gasteiger partial charge is 0.294 e. The number of Topliss-reactive ketones (excluding diaryl/α,β-unsaturated/α-hetero) is 2. The van der Waals surface area contributed by atoms with E-state index in [-0.39, 0.29) is 0 Å². The van der Waals surface area contributed by atoms with Gasteiger partial charge in [0.25, 0.3) is 5.78 Å². The van der Waals surface area contributed by atoms with Crippen LogP contribution in [0.3, 0.4) is 0 Å². The van der Waals surface area contributed by atoms with Gasteiger partial charge < -0.3 is 0 Å². The Morgan fingerprint density at radius 2 is 1.39 bits per heavy atom. The summed E-state index contributed by atoms with van der Waals surface area (Å²) in [7, 11) is 0. The molecule has 0 aliphatic heterocycles. The standard InChI is InChI=1S/C10H6O8/c1-4(11)9(15)17-18-10(16)8(14)7-5(12)2-3-6(7)13/h2-3,7H,1H3. The highest BCUT2D eigenvalue weighted by Gasteiger charge is 2.40. The van der Waals surface area contributed by atoms with Crippen LogP contribution >= 0.6 is 0 Å². The first-order valence-electron chi connectivity index (χ1n) is 4.58. The summed E-state index contributed by atoms with van der Waals surface area (Å²) in [5, 5.41) is 0. The van der Waals surface area contributed by atoms with E-state index in [4.69, 9.17) is 0 Å². The van der Waals surface area contributed by atoms with E-state index in [0.29, 0.717) is 0 Å². The molecule has 0 aromatic carbocycles. The second kappa shape index (κ2) is 5.13. The minimum absolute atomic E-state index is 0.847. The monoisotopic (exact) mass is 254 g/mol. The van der Waals surface area contributed by atoms with Crippen molar-refractivity contribution in [3.8, 4) is 0 Å². The third-order valence-electron chi connectivity index (χ3n) is 1.92. The molecule has 0 unspecified atom stereocenters. The average Bonchev–Trinajstić information content (AvgIpc) is 2.64. The molecule has 0 saturated heterocycles. The first-order chi connectivity index (χ1) is 8.34. The summed E-state index contributed by atoms with van der Waals surface area (Å²) in [6.07, 6.45) is 1.69. The Balaban J connectivity index is 2.60. The first-order valence-corrected chi connectivity index (χ1v) is 4.58. The molecular formula is C10H6O8. The zero-order valence-corrected chi connectivity index (χ0v) is 9.00. The fraction of sp³-hybridized carbons (Fsp3) is 0.200. The molecule has 18 heavy (non-hydrogen) atoms. The molecule has 0 spiro atoms. The van der Waals surface area contributed by atoms with E-state index >= 15 is 0 Å². The van der Waals surface area contributed by atoms with E-state index in [0.717, 1.165) is 19.1 Å². The molecule has 1 aliphatic carbocycles. The summed E-state index contributed by atoms with van der Waals surface area (Å²) in [6, 6.07) is 0. The molecule has 0 fully saturated rings. The second-order valence-corrected chi connectivity index (χ2v) is 3.23. The van der Waals surface area contributed by atoms with Gasteiger partial charge in [-0.1, -0.05) is 0 Å². The van der Waals surface area contributed by atoms with Crippen molar-refractivity contribution < 1.29 is 38.5 Å². The third-order valence-corrected chi connectivity index (χ3v) is 1.92. The van der Waals surface area contributed by atoms with Gasteiger partial charge in [0.05, 0.1) is 0 Å². The lowest BCUT2D eigenvalue weighted by atomic mass is 10.00. The molecule has 0 aromatic heterocycles. The van der Waals surface area contributed by atoms with Gasteiger partial charge in [-0.25, -0.2) is 19.4 Å². The van der Waals surface area contributed by atoms with Crippen LogP contribution < -0.4 is 0 Å². The van der Waals surface area contributed by atoms with Crippen molar-refractivity contribution in [3.63, 3.8) is 0 Å². The van der Waals surface area contributed by atoms with E-state index in [9.17, 15) is 28.8 Å². The molecule has 0 bridgehead atoms. The van der Waals surface area contributed by atoms with Crippen molar-refractivity contribution >= 4 is 35.1 Å². The number of carbonyl (C=O) groups excluding carboxylic acids is 6. The number of ketones is 4. The van der Waals surface area contributed by atoms with Gasteiger partial charge in [-0.05, 0) is 12.2 Å². The van der Waals surface area contributed by atoms with Crippen LogP contribution in [0.15, 0.2) is 12.2 Å². The molecular weight excluding hydrogens is 248 g/mol. The van der Waals surface area contributed by atoms with Crippen LogP contribution in [0.5, 0.6) is 0 Å². The van der Waals surface area contributed by atoms with Gasteiger partial charge in [0.2, 0.25) is 5.78 Å². The predicted molar refractivity (Wildman–Crippen MR) is 50.5 cm³/mol. The van der Waals surface area contributed by atoms with Gasteiger partial charge in [-0.15, -0.1) is 0 Å². The SMILES string of the molecule is CC(=O)C(=O)OOC(=O)C(=O)C1C(=O)C=CC1=O. The van der Waals surface area contributed by atoms with Crippen LogP contribution in [0.4, 0.5) is 0 Å². The van der Waals surface area contributed by atoms with Crippen molar-refractivity contribution in [1.82, 2.24) is 0 Å². The molecule has 0 N–H and O–H groups in total. The first kappa shape index (κ1) is 13.4. The Bertz CT molecular complexity index is 480. The van der Waals surface area contributed by atoms with Gasteiger partial charge >= 0.3 is 11.9 Å². The van der Waals surface area contributed by atoms with Crippen molar-refractivity contribution in [2.45, 2.75) is 6.92 Å². The maximum atomic E-state index is 11.3. The number of carbonyl (C=O) groups is 6.